The summed E-state index contributed by atoms with van der Waals surface area (Å²) in [5, 5.41) is 7.34. The molecule has 12 aromatic rings. The van der Waals surface area contributed by atoms with Gasteiger partial charge < -0.3 is 13.9 Å². The SMILES string of the molecule is C1=CCCC(n2c3ccc(Oc4ccc5c(c4)c4cc(-c6ccccc6)ccc4n5-c4cccc(-c5ccc6sc7ccccc7c6c5)c4)cc3c3cc(-c4ccccc4)ccc32)=C1. The molecule has 0 saturated heterocycles. The summed E-state index contributed by atoms with van der Waals surface area (Å²) in [6.07, 6.45) is 8.73. The molecule has 302 valence electrons. The first kappa shape index (κ1) is 36.7. The van der Waals surface area contributed by atoms with Crippen molar-refractivity contribution in [1.82, 2.24) is 9.13 Å². The summed E-state index contributed by atoms with van der Waals surface area (Å²) in [6.45, 7) is 0. The highest BCUT2D eigenvalue weighted by Crippen LogP contribution is 2.42. The Morgan fingerprint density at radius 1 is 0.375 bits per heavy atom. The molecule has 0 spiro atoms. The van der Waals surface area contributed by atoms with Crippen molar-refractivity contribution in [2.45, 2.75) is 12.8 Å². The number of allylic oxidation sites excluding steroid dienone is 4. The summed E-state index contributed by atoms with van der Waals surface area (Å²) >= 11 is 1.86. The van der Waals surface area contributed by atoms with E-state index in [-0.39, 0.29) is 0 Å². The van der Waals surface area contributed by atoms with Gasteiger partial charge in [-0.3, -0.25) is 0 Å². The highest BCUT2D eigenvalue weighted by Gasteiger charge is 2.19. The Morgan fingerprint density at radius 2 is 0.891 bits per heavy atom. The summed E-state index contributed by atoms with van der Waals surface area (Å²) in [7, 11) is 0. The summed E-state index contributed by atoms with van der Waals surface area (Å²) in [5.41, 5.74) is 14.3. The highest BCUT2D eigenvalue weighted by atomic mass is 32.1. The molecule has 0 saturated carbocycles. The number of hydrogen-bond acceptors (Lipinski definition) is 2. The maximum Gasteiger partial charge on any atom is 0.128 e. The van der Waals surface area contributed by atoms with Gasteiger partial charge in [0.05, 0.1) is 22.1 Å². The number of benzene rings is 9. The summed E-state index contributed by atoms with van der Waals surface area (Å²) in [4.78, 5) is 0. The fraction of sp³-hybridized carbons (Fsp3) is 0.0333. The van der Waals surface area contributed by atoms with Gasteiger partial charge in [-0.1, -0.05) is 121 Å². The van der Waals surface area contributed by atoms with E-state index in [1.54, 1.807) is 0 Å². The molecular weight excluding hydrogens is 797 g/mol. The van der Waals surface area contributed by atoms with Gasteiger partial charge >= 0.3 is 0 Å². The van der Waals surface area contributed by atoms with Crippen LogP contribution in [0, 0.1) is 0 Å². The second-order valence-electron chi connectivity index (χ2n) is 16.8. The Morgan fingerprint density at radius 3 is 1.55 bits per heavy atom. The van der Waals surface area contributed by atoms with Gasteiger partial charge in [0.2, 0.25) is 0 Å². The van der Waals surface area contributed by atoms with Gasteiger partial charge in [0.15, 0.2) is 0 Å². The molecule has 0 N–H and O–H groups in total. The minimum absolute atomic E-state index is 0.801. The smallest absolute Gasteiger partial charge is 0.128 e. The second kappa shape index (κ2) is 14.9. The van der Waals surface area contributed by atoms with Crippen molar-refractivity contribution < 1.29 is 4.74 Å². The van der Waals surface area contributed by atoms with Crippen LogP contribution in [0.5, 0.6) is 11.5 Å². The lowest BCUT2D eigenvalue weighted by Gasteiger charge is -2.14. The first-order chi connectivity index (χ1) is 31.7. The minimum atomic E-state index is 0.801. The Kier molecular flexibility index (Phi) is 8.53. The number of hydrogen-bond donors (Lipinski definition) is 0. The van der Waals surface area contributed by atoms with Crippen molar-refractivity contribution >= 4 is 80.8 Å². The Hall–Kier alpha value is -7.92. The number of aromatic nitrogens is 2. The van der Waals surface area contributed by atoms with E-state index >= 15 is 0 Å². The highest BCUT2D eigenvalue weighted by molar-refractivity contribution is 7.25. The predicted octanol–water partition coefficient (Wildman–Crippen LogP) is 17.2. The van der Waals surface area contributed by atoms with Crippen LogP contribution >= 0.6 is 11.3 Å². The van der Waals surface area contributed by atoms with Crippen LogP contribution in [0.1, 0.15) is 12.8 Å². The first-order valence-electron chi connectivity index (χ1n) is 22.0. The van der Waals surface area contributed by atoms with E-state index in [2.05, 4.69) is 228 Å². The monoisotopic (exact) mass is 836 g/mol. The summed E-state index contributed by atoms with van der Waals surface area (Å²) in [6, 6.07) is 72.8. The molecule has 0 aliphatic heterocycles. The van der Waals surface area contributed by atoms with Gasteiger partial charge in [0.1, 0.15) is 11.5 Å². The third-order valence-electron chi connectivity index (χ3n) is 13.0. The Labute approximate surface area is 374 Å². The zero-order chi connectivity index (χ0) is 42.1. The van der Waals surface area contributed by atoms with Crippen molar-refractivity contribution in [1.29, 1.82) is 0 Å². The van der Waals surface area contributed by atoms with E-state index < -0.39 is 0 Å². The molecule has 3 aromatic heterocycles. The summed E-state index contributed by atoms with van der Waals surface area (Å²) < 4.78 is 14.4. The van der Waals surface area contributed by atoms with E-state index in [1.165, 1.54) is 86.4 Å². The minimum Gasteiger partial charge on any atom is -0.457 e. The quantitative estimate of drug-likeness (QED) is 0.156. The fourth-order valence-corrected chi connectivity index (χ4v) is 11.1. The molecule has 3 heterocycles. The lowest BCUT2D eigenvalue weighted by molar-refractivity contribution is 0.484. The molecule has 0 fully saturated rings. The Balaban J connectivity index is 0.941. The molecule has 9 aromatic carbocycles. The first-order valence-corrected chi connectivity index (χ1v) is 22.9. The maximum absolute atomic E-state index is 6.88. The molecule has 4 heteroatoms. The van der Waals surface area contributed by atoms with Gasteiger partial charge in [0, 0.05) is 53.1 Å². The van der Waals surface area contributed by atoms with E-state index in [1.807, 2.05) is 11.3 Å². The molecule has 64 heavy (non-hydrogen) atoms. The van der Waals surface area contributed by atoms with Crippen LogP contribution in [-0.2, 0) is 0 Å². The van der Waals surface area contributed by atoms with Gasteiger partial charge in [0.25, 0.3) is 0 Å². The third-order valence-corrected chi connectivity index (χ3v) is 14.2. The zero-order valence-electron chi connectivity index (χ0n) is 34.9. The van der Waals surface area contributed by atoms with Crippen LogP contribution in [0.15, 0.2) is 218 Å². The molecule has 13 rings (SSSR count). The number of ether oxygens (including phenoxy) is 1. The van der Waals surface area contributed by atoms with Gasteiger partial charge in [-0.2, -0.15) is 0 Å². The van der Waals surface area contributed by atoms with Crippen molar-refractivity contribution in [2.75, 3.05) is 0 Å². The number of thiophene rings is 1. The molecule has 0 bridgehead atoms. The van der Waals surface area contributed by atoms with Gasteiger partial charge in [-0.15, -0.1) is 11.3 Å². The van der Waals surface area contributed by atoms with Crippen LogP contribution in [0.3, 0.4) is 0 Å². The Bertz CT molecular complexity index is 3860. The van der Waals surface area contributed by atoms with Crippen LogP contribution in [0.4, 0.5) is 0 Å². The average Bonchev–Trinajstić information content (AvgIpc) is 4.01. The van der Waals surface area contributed by atoms with E-state index in [0.717, 1.165) is 46.4 Å². The van der Waals surface area contributed by atoms with E-state index in [9.17, 15) is 0 Å². The van der Waals surface area contributed by atoms with Crippen LogP contribution in [0.2, 0.25) is 0 Å². The molecule has 0 atom stereocenters. The fourth-order valence-electron chi connectivity index (χ4n) is 9.98. The van der Waals surface area contributed by atoms with Crippen molar-refractivity contribution in [3.05, 3.63) is 218 Å². The molecule has 3 nitrogen and oxygen atoms in total. The number of fused-ring (bicyclic) bond motifs is 9. The van der Waals surface area contributed by atoms with Gasteiger partial charge in [-0.25, -0.2) is 0 Å². The number of nitrogens with zero attached hydrogens (tertiary/aromatic N) is 2. The largest absolute Gasteiger partial charge is 0.457 e. The standard InChI is InChI=1S/C60H40N2OS/c1-4-13-39(14-5-1)42-23-28-55-50(34-42)52-37-47(26-30-57(52)61(55)45-18-8-3-9-19-45)63-48-27-31-58-53(38-48)51-35-43(40-15-6-2-7-16-40)24-29-56(51)62(58)46-20-12-17-41(33-46)44-25-32-60-54(36-44)49-21-10-11-22-59(49)64-60/h1-8,10-18,20-38H,9,19H2. The molecule has 0 unspecified atom stereocenters. The third kappa shape index (κ3) is 6.10. The molecule has 0 radical (unpaired) electrons. The zero-order valence-corrected chi connectivity index (χ0v) is 35.7. The van der Waals surface area contributed by atoms with Crippen molar-refractivity contribution in [3.8, 4) is 50.6 Å². The molecular formula is C60H40N2OS. The average molecular weight is 837 g/mol. The lowest BCUT2D eigenvalue weighted by Crippen LogP contribution is -1.98. The van der Waals surface area contributed by atoms with Crippen LogP contribution in [-0.4, -0.2) is 9.13 Å². The van der Waals surface area contributed by atoms with Crippen molar-refractivity contribution in [3.63, 3.8) is 0 Å². The van der Waals surface area contributed by atoms with Crippen LogP contribution in [0.25, 0.3) is 109 Å². The predicted molar refractivity (Wildman–Crippen MR) is 272 cm³/mol. The summed E-state index contributed by atoms with van der Waals surface area (Å²) in [5.74, 6) is 1.61. The molecule has 1 aliphatic rings. The number of rotatable bonds is 7. The van der Waals surface area contributed by atoms with E-state index in [0.29, 0.717) is 0 Å². The molecule has 0 amide bonds. The molecule has 1 aliphatic carbocycles. The second-order valence-corrected chi connectivity index (χ2v) is 17.9. The lowest BCUT2D eigenvalue weighted by atomic mass is 10.0. The topological polar surface area (TPSA) is 19.1 Å². The van der Waals surface area contributed by atoms with Crippen molar-refractivity contribution in [2.24, 2.45) is 0 Å². The van der Waals surface area contributed by atoms with Crippen LogP contribution < -0.4 is 4.74 Å². The maximum atomic E-state index is 6.88. The van der Waals surface area contributed by atoms with Gasteiger partial charge in [-0.05, 0) is 143 Å². The normalized spacial score (nSPS) is 12.9. The van der Waals surface area contributed by atoms with E-state index in [4.69, 9.17) is 4.74 Å².